The number of pyridine rings is 1. The van der Waals surface area contributed by atoms with Crippen molar-refractivity contribution in [1.82, 2.24) is 15.0 Å². The number of hydrogen-bond donors (Lipinski definition) is 2. The summed E-state index contributed by atoms with van der Waals surface area (Å²) in [4.78, 5) is 16.2. The number of carbonyl (C=O) groups excluding carboxylic acids is 1. The summed E-state index contributed by atoms with van der Waals surface area (Å²) < 4.78 is 24.5. The Hall–Kier alpha value is -2.25. The zero-order chi connectivity index (χ0) is 16.7. The van der Waals surface area contributed by atoms with Gasteiger partial charge >= 0.3 is 0 Å². The lowest BCUT2D eigenvalue weighted by atomic mass is 10.1. The maximum atomic E-state index is 12.1. The number of aromatic nitrogens is 1. The van der Waals surface area contributed by atoms with Gasteiger partial charge < -0.3 is 5.32 Å². The molecule has 1 amide bonds. The Bertz CT molecular complexity index is 761. The molecule has 122 valence electrons. The summed E-state index contributed by atoms with van der Waals surface area (Å²) in [6.45, 7) is 0.589. The van der Waals surface area contributed by atoms with Crippen LogP contribution in [0.5, 0.6) is 0 Å². The Morgan fingerprint density at radius 2 is 1.91 bits per heavy atom. The van der Waals surface area contributed by atoms with Crippen molar-refractivity contribution >= 4 is 15.9 Å². The highest BCUT2D eigenvalue weighted by molar-refractivity contribution is 7.88. The quantitative estimate of drug-likeness (QED) is 0.794. The van der Waals surface area contributed by atoms with Crippen LogP contribution in [0.2, 0.25) is 0 Å². The molecule has 2 N–H and O–H groups in total. The minimum absolute atomic E-state index is 0.0595. The first-order valence-electron chi connectivity index (χ1n) is 7.16. The number of nitrogens with one attached hydrogen (secondary N) is 2. The topological polar surface area (TPSA) is 88.2 Å². The van der Waals surface area contributed by atoms with Gasteiger partial charge in [-0.1, -0.05) is 30.3 Å². The molecule has 0 radical (unpaired) electrons. The second kappa shape index (κ2) is 7.85. The van der Waals surface area contributed by atoms with Gasteiger partial charge in [-0.25, -0.2) is 13.1 Å². The molecule has 7 heteroatoms. The number of rotatable bonds is 7. The van der Waals surface area contributed by atoms with E-state index < -0.39 is 10.0 Å². The van der Waals surface area contributed by atoms with Crippen LogP contribution in [0.25, 0.3) is 0 Å². The van der Waals surface area contributed by atoms with Crippen molar-refractivity contribution in [2.24, 2.45) is 0 Å². The van der Waals surface area contributed by atoms with E-state index in [0.29, 0.717) is 17.8 Å². The number of nitrogens with zero attached hydrogens (tertiary/aromatic N) is 1. The van der Waals surface area contributed by atoms with Gasteiger partial charge in [-0.3, -0.25) is 9.78 Å². The van der Waals surface area contributed by atoms with Crippen LogP contribution in [0.3, 0.4) is 0 Å². The van der Waals surface area contributed by atoms with Gasteiger partial charge in [0.2, 0.25) is 10.0 Å². The van der Waals surface area contributed by atoms with E-state index in [0.717, 1.165) is 18.2 Å². The minimum atomic E-state index is -3.29. The fraction of sp³-hybridized carbons (Fsp3) is 0.250. The second-order valence-electron chi connectivity index (χ2n) is 5.12. The van der Waals surface area contributed by atoms with Gasteiger partial charge in [0.05, 0.1) is 18.5 Å². The summed E-state index contributed by atoms with van der Waals surface area (Å²) in [7, 11) is -3.29. The summed E-state index contributed by atoms with van der Waals surface area (Å²) >= 11 is 0. The molecular formula is C16H19N3O3S. The molecule has 2 rings (SSSR count). The number of carbonyl (C=O) groups is 1. The number of amides is 1. The van der Waals surface area contributed by atoms with Crippen LogP contribution >= 0.6 is 0 Å². The van der Waals surface area contributed by atoms with Crippen LogP contribution in [0.15, 0.2) is 48.7 Å². The molecule has 0 bridgehead atoms. The first kappa shape index (κ1) is 17.1. The van der Waals surface area contributed by atoms with Gasteiger partial charge in [-0.05, 0) is 24.1 Å². The average Bonchev–Trinajstić information content (AvgIpc) is 2.53. The Labute approximate surface area is 136 Å². The zero-order valence-electron chi connectivity index (χ0n) is 12.8. The van der Waals surface area contributed by atoms with Gasteiger partial charge in [0, 0.05) is 18.3 Å². The molecule has 2 aromatic rings. The van der Waals surface area contributed by atoms with E-state index in [2.05, 4.69) is 15.0 Å². The van der Waals surface area contributed by atoms with Crippen molar-refractivity contribution in [2.45, 2.75) is 13.0 Å². The molecule has 0 saturated heterocycles. The van der Waals surface area contributed by atoms with Gasteiger partial charge in [0.15, 0.2) is 0 Å². The molecule has 23 heavy (non-hydrogen) atoms. The molecular weight excluding hydrogens is 314 g/mol. The van der Waals surface area contributed by atoms with E-state index in [4.69, 9.17) is 0 Å². The Balaban J connectivity index is 1.89. The third-order valence-electron chi connectivity index (χ3n) is 3.14. The normalized spacial score (nSPS) is 11.2. The summed E-state index contributed by atoms with van der Waals surface area (Å²) in [5.41, 5.74) is 2.10. The van der Waals surface area contributed by atoms with Crippen molar-refractivity contribution in [3.8, 4) is 0 Å². The molecule has 0 unspecified atom stereocenters. The predicted molar refractivity (Wildman–Crippen MR) is 88.4 cm³/mol. The minimum Gasteiger partial charge on any atom is -0.352 e. The van der Waals surface area contributed by atoms with Crippen molar-refractivity contribution in [2.75, 3.05) is 12.8 Å². The van der Waals surface area contributed by atoms with Gasteiger partial charge in [0.1, 0.15) is 0 Å². The first-order chi connectivity index (χ1) is 10.9. The fourth-order valence-corrected chi connectivity index (χ4v) is 2.40. The summed E-state index contributed by atoms with van der Waals surface area (Å²) in [5.74, 6) is -0.205. The number of benzene rings is 1. The van der Waals surface area contributed by atoms with Gasteiger partial charge in [0.25, 0.3) is 5.91 Å². The van der Waals surface area contributed by atoms with E-state index in [9.17, 15) is 13.2 Å². The highest BCUT2D eigenvalue weighted by Gasteiger charge is 2.08. The molecule has 6 nitrogen and oxygen atoms in total. The van der Waals surface area contributed by atoms with Crippen LogP contribution in [0, 0.1) is 0 Å². The smallest absolute Gasteiger partial charge is 0.251 e. The third-order valence-corrected chi connectivity index (χ3v) is 3.81. The Morgan fingerprint density at radius 1 is 1.17 bits per heavy atom. The molecule has 0 spiro atoms. The number of hydrogen-bond acceptors (Lipinski definition) is 4. The second-order valence-corrected chi connectivity index (χ2v) is 6.95. The first-order valence-corrected chi connectivity index (χ1v) is 9.05. The van der Waals surface area contributed by atoms with E-state index in [-0.39, 0.29) is 12.5 Å². The van der Waals surface area contributed by atoms with Crippen molar-refractivity contribution in [3.05, 3.63) is 65.5 Å². The zero-order valence-corrected chi connectivity index (χ0v) is 13.6. The van der Waals surface area contributed by atoms with Crippen molar-refractivity contribution in [3.63, 3.8) is 0 Å². The summed E-state index contributed by atoms with van der Waals surface area (Å²) in [6.07, 6.45) is 3.32. The molecule has 0 aliphatic heterocycles. The Kier molecular flexibility index (Phi) is 5.84. The van der Waals surface area contributed by atoms with Gasteiger partial charge in [-0.2, -0.15) is 0 Å². The molecule has 0 atom stereocenters. The largest absolute Gasteiger partial charge is 0.352 e. The SMILES string of the molecule is CS(=O)(=O)NCc1cc(C(=O)NCCc2ccccc2)ccn1. The summed E-state index contributed by atoms with van der Waals surface area (Å²) in [6, 6.07) is 13.1. The van der Waals surface area contributed by atoms with Crippen molar-refractivity contribution in [1.29, 1.82) is 0 Å². The maximum absolute atomic E-state index is 12.1. The fourth-order valence-electron chi connectivity index (χ4n) is 1.99. The molecule has 1 aromatic heterocycles. The van der Waals surface area contributed by atoms with Crippen molar-refractivity contribution < 1.29 is 13.2 Å². The molecule has 0 aliphatic rings. The van der Waals surface area contributed by atoms with E-state index in [1.807, 2.05) is 30.3 Å². The standard InChI is InChI=1S/C16H19N3O3S/c1-23(21,22)19-12-15-11-14(8-10-17-15)16(20)18-9-7-13-5-3-2-4-6-13/h2-6,8,10-11,19H,7,9,12H2,1H3,(H,18,20). The molecule has 0 fully saturated rings. The lowest BCUT2D eigenvalue weighted by Gasteiger charge is -2.07. The van der Waals surface area contributed by atoms with Crippen LogP contribution in [-0.4, -0.2) is 32.1 Å². The van der Waals surface area contributed by atoms with E-state index in [1.165, 1.54) is 6.20 Å². The summed E-state index contributed by atoms with van der Waals surface area (Å²) in [5, 5.41) is 2.84. The number of sulfonamides is 1. The highest BCUT2D eigenvalue weighted by atomic mass is 32.2. The lowest BCUT2D eigenvalue weighted by Crippen LogP contribution is -2.26. The van der Waals surface area contributed by atoms with Crippen LogP contribution in [0.4, 0.5) is 0 Å². The molecule has 0 saturated carbocycles. The monoisotopic (exact) mass is 333 g/mol. The van der Waals surface area contributed by atoms with Crippen LogP contribution in [-0.2, 0) is 23.0 Å². The molecule has 1 heterocycles. The van der Waals surface area contributed by atoms with E-state index in [1.54, 1.807) is 12.1 Å². The average molecular weight is 333 g/mol. The predicted octanol–water partition coefficient (Wildman–Crippen LogP) is 1.10. The van der Waals surface area contributed by atoms with Gasteiger partial charge in [-0.15, -0.1) is 0 Å². The lowest BCUT2D eigenvalue weighted by molar-refractivity contribution is 0.0954. The third kappa shape index (κ3) is 6.17. The highest BCUT2D eigenvalue weighted by Crippen LogP contribution is 2.03. The molecule has 0 aliphatic carbocycles. The maximum Gasteiger partial charge on any atom is 0.251 e. The van der Waals surface area contributed by atoms with Crippen LogP contribution in [0.1, 0.15) is 21.6 Å². The van der Waals surface area contributed by atoms with Crippen LogP contribution < -0.4 is 10.0 Å². The molecule has 1 aromatic carbocycles. The van der Waals surface area contributed by atoms with E-state index >= 15 is 0 Å². The Morgan fingerprint density at radius 3 is 2.61 bits per heavy atom.